The van der Waals surface area contributed by atoms with Gasteiger partial charge in [0, 0.05) is 12.1 Å². The van der Waals surface area contributed by atoms with Crippen molar-refractivity contribution in [2.24, 2.45) is 10.8 Å². The lowest BCUT2D eigenvalue weighted by Gasteiger charge is -2.16. The minimum absolute atomic E-state index is 0.430. The summed E-state index contributed by atoms with van der Waals surface area (Å²) >= 11 is 0. The molecule has 1 heteroatoms. The van der Waals surface area contributed by atoms with Crippen molar-refractivity contribution in [2.45, 2.75) is 59.5 Å². The Kier molecular flexibility index (Phi) is 2.45. The van der Waals surface area contributed by atoms with E-state index in [2.05, 4.69) is 58.1 Å². The fraction of sp³-hybridized carbons (Fsp3) is 0.647. The molecule has 3 rings (SSSR count). The Hall–Kier alpha value is -0.820. The van der Waals surface area contributed by atoms with Gasteiger partial charge in [-0.1, -0.05) is 51.5 Å². The highest BCUT2D eigenvalue weighted by molar-refractivity contribution is 5.38. The third-order valence-electron chi connectivity index (χ3n) is 5.77. The Morgan fingerprint density at radius 1 is 1.11 bits per heavy atom. The minimum Gasteiger partial charge on any atom is -0.306 e. The topological polar surface area (TPSA) is 12.0 Å². The van der Waals surface area contributed by atoms with Gasteiger partial charge in [-0.25, -0.2) is 0 Å². The minimum atomic E-state index is 0.430. The highest BCUT2D eigenvalue weighted by Crippen LogP contribution is 2.63. The molecule has 2 aliphatic rings. The maximum Gasteiger partial charge on any atom is 0.0329 e. The predicted molar refractivity (Wildman–Crippen MR) is 76.7 cm³/mol. The van der Waals surface area contributed by atoms with Crippen LogP contribution in [0.3, 0.4) is 0 Å². The molecule has 1 nitrogen and oxygen atoms in total. The number of fused-ring (bicyclic) bond motifs is 1. The molecule has 2 aliphatic carbocycles. The highest BCUT2D eigenvalue weighted by atomic mass is 15.1. The van der Waals surface area contributed by atoms with E-state index in [1.165, 1.54) is 18.4 Å². The van der Waals surface area contributed by atoms with Crippen molar-refractivity contribution in [3.8, 4) is 0 Å². The number of hydrogen-bond acceptors (Lipinski definition) is 1. The Bertz CT molecular complexity index is 470. The van der Waals surface area contributed by atoms with Gasteiger partial charge in [-0.3, -0.25) is 0 Å². The molecular formula is C17H25N. The molecule has 98 valence electrons. The first-order valence-corrected chi connectivity index (χ1v) is 7.19. The molecule has 0 aliphatic heterocycles. The molecule has 0 saturated heterocycles. The molecule has 1 atom stereocenters. The zero-order valence-electron chi connectivity index (χ0n) is 12.3. The second kappa shape index (κ2) is 3.60. The van der Waals surface area contributed by atoms with E-state index in [9.17, 15) is 0 Å². The van der Waals surface area contributed by atoms with Crippen LogP contribution in [0.1, 0.15) is 56.8 Å². The summed E-state index contributed by atoms with van der Waals surface area (Å²) in [7, 11) is 0. The van der Waals surface area contributed by atoms with Crippen molar-refractivity contribution >= 4 is 0 Å². The van der Waals surface area contributed by atoms with Crippen LogP contribution in [0.2, 0.25) is 0 Å². The van der Waals surface area contributed by atoms with E-state index in [1.54, 1.807) is 11.1 Å². The zero-order valence-corrected chi connectivity index (χ0v) is 12.3. The average Bonchev–Trinajstić information content (AvgIpc) is 2.64. The van der Waals surface area contributed by atoms with E-state index in [1.807, 2.05) is 0 Å². The predicted octanol–water partition coefficient (Wildman–Crippen LogP) is 4.01. The summed E-state index contributed by atoms with van der Waals surface area (Å²) in [6.07, 6.45) is 2.50. The number of rotatable bonds is 2. The van der Waals surface area contributed by atoms with Gasteiger partial charge in [0.15, 0.2) is 0 Å². The average molecular weight is 243 g/mol. The van der Waals surface area contributed by atoms with Crippen LogP contribution in [0.15, 0.2) is 18.2 Å². The lowest BCUT2D eigenvalue weighted by molar-refractivity contribution is 0.457. The van der Waals surface area contributed by atoms with Crippen molar-refractivity contribution in [3.05, 3.63) is 34.9 Å². The molecule has 1 N–H and O–H groups in total. The largest absolute Gasteiger partial charge is 0.306 e. The Labute approximate surface area is 111 Å². The molecular weight excluding hydrogens is 218 g/mol. The van der Waals surface area contributed by atoms with Gasteiger partial charge in [-0.2, -0.15) is 0 Å². The van der Waals surface area contributed by atoms with E-state index < -0.39 is 0 Å². The van der Waals surface area contributed by atoms with Crippen LogP contribution in [0, 0.1) is 17.8 Å². The van der Waals surface area contributed by atoms with Gasteiger partial charge in [0.25, 0.3) is 0 Å². The second-order valence-electron chi connectivity index (χ2n) is 7.34. The van der Waals surface area contributed by atoms with Crippen LogP contribution < -0.4 is 5.32 Å². The van der Waals surface area contributed by atoms with Crippen LogP contribution in [0.5, 0.6) is 0 Å². The maximum absolute atomic E-state index is 3.92. The number of nitrogens with one attached hydrogen (secondary N) is 1. The highest BCUT2D eigenvalue weighted by Gasteiger charge is 2.65. The molecule has 1 fully saturated rings. The van der Waals surface area contributed by atoms with E-state index in [0.29, 0.717) is 22.9 Å². The number of benzene rings is 1. The lowest BCUT2D eigenvalue weighted by atomic mass is 10.0. The van der Waals surface area contributed by atoms with Crippen LogP contribution in [-0.2, 0) is 6.42 Å². The molecule has 0 radical (unpaired) electrons. The van der Waals surface area contributed by atoms with Crippen molar-refractivity contribution in [3.63, 3.8) is 0 Å². The van der Waals surface area contributed by atoms with Crippen LogP contribution in [0.4, 0.5) is 0 Å². The maximum atomic E-state index is 3.92. The molecule has 18 heavy (non-hydrogen) atoms. The van der Waals surface area contributed by atoms with E-state index >= 15 is 0 Å². The first kappa shape index (κ1) is 12.2. The molecule has 0 amide bonds. The summed E-state index contributed by atoms with van der Waals surface area (Å²) < 4.78 is 0. The molecule has 1 aromatic carbocycles. The molecule has 0 aromatic heterocycles. The van der Waals surface area contributed by atoms with Gasteiger partial charge in [0.1, 0.15) is 0 Å². The molecule has 0 heterocycles. The van der Waals surface area contributed by atoms with Gasteiger partial charge in [0.05, 0.1) is 0 Å². The van der Waals surface area contributed by atoms with Gasteiger partial charge >= 0.3 is 0 Å². The van der Waals surface area contributed by atoms with Crippen molar-refractivity contribution in [1.29, 1.82) is 0 Å². The van der Waals surface area contributed by atoms with Crippen molar-refractivity contribution in [2.75, 3.05) is 0 Å². The normalized spacial score (nSPS) is 28.2. The van der Waals surface area contributed by atoms with Gasteiger partial charge in [0.2, 0.25) is 0 Å². The lowest BCUT2D eigenvalue weighted by Crippen LogP contribution is -2.26. The van der Waals surface area contributed by atoms with Gasteiger partial charge < -0.3 is 5.32 Å². The standard InChI is InChI=1S/C17H25N/c1-11-6-7-12-8-9-14(13(12)10-11)18-15-16(2,3)17(15,4)5/h6-7,10,14-15,18H,8-9H2,1-5H3. The Balaban J connectivity index is 1.80. The summed E-state index contributed by atoms with van der Waals surface area (Å²) in [5.41, 5.74) is 5.35. The first-order valence-electron chi connectivity index (χ1n) is 7.19. The molecule has 0 spiro atoms. The van der Waals surface area contributed by atoms with Crippen molar-refractivity contribution < 1.29 is 0 Å². The second-order valence-corrected chi connectivity index (χ2v) is 7.34. The fourth-order valence-electron chi connectivity index (χ4n) is 3.71. The zero-order chi connectivity index (χ0) is 13.1. The monoisotopic (exact) mass is 243 g/mol. The molecule has 1 saturated carbocycles. The van der Waals surface area contributed by atoms with Crippen molar-refractivity contribution in [1.82, 2.24) is 5.32 Å². The third-order valence-corrected chi connectivity index (χ3v) is 5.77. The molecule has 1 aromatic rings. The van der Waals surface area contributed by atoms with Gasteiger partial charge in [-0.15, -0.1) is 0 Å². The Morgan fingerprint density at radius 2 is 1.78 bits per heavy atom. The number of hydrogen-bond donors (Lipinski definition) is 1. The summed E-state index contributed by atoms with van der Waals surface area (Å²) in [5, 5.41) is 3.92. The Morgan fingerprint density at radius 3 is 2.39 bits per heavy atom. The third kappa shape index (κ3) is 1.56. The summed E-state index contributed by atoms with van der Waals surface area (Å²) in [6, 6.07) is 8.16. The molecule has 0 bridgehead atoms. The summed E-state index contributed by atoms with van der Waals surface area (Å²) in [4.78, 5) is 0. The summed E-state index contributed by atoms with van der Waals surface area (Å²) in [5.74, 6) is 0. The van der Waals surface area contributed by atoms with Gasteiger partial charge in [-0.05, 0) is 41.7 Å². The van der Waals surface area contributed by atoms with E-state index in [-0.39, 0.29) is 0 Å². The quantitative estimate of drug-likeness (QED) is 0.827. The smallest absolute Gasteiger partial charge is 0.0329 e. The molecule has 1 unspecified atom stereocenters. The van der Waals surface area contributed by atoms with Crippen LogP contribution in [-0.4, -0.2) is 6.04 Å². The van der Waals surface area contributed by atoms with Crippen LogP contribution in [0.25, 0.3) is 0 Å². The van der Waals surface area contributed by atoms with E-state index in [4.69, 9.17) is 0 Å². The summed E-state index contributed by atoms with van der Waals surface area (Å²) in [6.45, 7) is 11.7. The fourth-order valence-corrected chi connectivity index (χ4v) is 3.71. The SMILES string of the molecule is Cc1ccc2c(c1)C(NC1C(C)(C)C1(C)C)CC2. The van der Waals surface area contributed by atoms with Crippen LogP contribution >= 0.6 is 0 Å². The number of aryl methyl sites for hydroxylation is 2. The van der Waals surface area contributed by atoms with E-state index in [0.717, 1.165) is 0 Å². The first-order chi connectivity index (χ1) is 8.34.